The first kappa shape index (κ1) is 32.8. The van der Waals surface area contributed by atoms with Crippen molar-refractivity contribution in [3.05, 3.63) is 115 Å². The molecule has 0 bridgehead atoms. The lowest BCUT2D eigenvalue weighted by molar-refractivity contribution is -0.119. The fourth-order valence-corrected chi connectivity index (χ4v) is 8.16. The van der Waals surface area contributed by atoms with Crippen molar-refractivity contribution < 1.29 is 19.1 Å². The van der Waals surface area contributed by atoms with Gasteiger partial charge in [0.15, 0.2) is 23.1 Å². The molecule has 5 nitrogen and oxygen atoms in total. The van der Waals surface area contributed by atoms with Gasteiger partial charge in [0.05, 0.1) is 11.6 Å². The van der Waals surface area contributed by atoms with Crippen LogP contribution in [-0.4, -0.2) is 30.1 Å². The first-order chi connectivity index (χ1) is 21.9. The topological polar surface area (TPSA) is 55.8 Å². The summed E-state index contributed by atoms with van der Waals surface area (Å²) in [5.41, 5.74) is 6.43. The van der Waals surface area contributed by atoms with Crippen LogP contribution in [0.3, 0.4) is 0 Å². The molecule has 0 aromatic heterocycles. The predicted octanol–water partition coefficient (Wildman–Crippen LogP) is 9.73. The van der Waals surface area contributed by atoms with E-state index < -0.39 is 5.92 Å². The van der Waals surface area contributed by atoms with Gasteiger partial charge >= 0.3 is 0 Å². The average Bonchev–Trinajstić information content (AvgIpc) is 2.99. The average molecular weight is 748 g/mol. The van der Waals surface area contributed by atoms with E-state index >= 15 is 0 Å². The van der Waals surface area contributed by atoms with E-state index in [0.717, 1.165) is 68.4 Å². The number of methoxy groups -OCH3 is 1. The maximum atomic E-state index is 14.3. The molecule has 240 valence electrons. The van der Waals surface area contributed by atoms with Crippen molar-refractivity contribution in [3.63, 3.8) is 0 Å². The highest BCUT2D eigenvalue weighted by molar-refractivity contribution is 9.10. The van der Waals surface area contributed by atoms with Gasteiger partial charge in [-0.2, -0.15) is 0 Å². The number of carbonyl (C=O) groups is 2. The van der Waals surface area contributed by atoms with E-state index in [2.05, 4.69) is 88.7 Å². The summed E-state index contributed by atoms with van der Waals surface area (Å²) in [6, 6.07) is 22.4. The van der Waals surface area contributed by atoms with Gasteiger partial charge in [0.2, 0.25) is 0 Å². The van der Waals surface area contributed by atoms with E-state index in [0.29, 0.717) is 30.9 Å². The molecule has 0 amide bonds. The molecular weight excluding hydrogens is 706 g/mol. The van der Waals surface area contributed by atoms with Crippen LogP contribution in [-0.2, 0) is 22.6 Å². The Balaban J connectivity index is 1.47. The van der Waals surface area contributed by atoms with Crippen LogP contribution in [0, 0.1) is 10.8 Å². The van der Waals surface area contributed by atoms with E-state index in [-0.39, 0.29) is 22.4 Å². The second-order valence-corrected chi connectivity index (χ2v) is 16.1. The standard InChI is InChI=1S/C39H41Br2NO4/c1-38(2)19-29-35(31(43)21-38)34(26-17-28(41)37(33(18-26)45-5)46-23-25-11-13-27(40)14-12-25)36-30(20-39(3,4)22-32(36)44)42(29)16-15-24-9-7-6-8-10-24/h6-14,17-18,34H,15-16,19-23H2,1-5H3. The number of allylic oxidation sites excluding steroid dienone is 4. The number of rotatable bonds is 8. The number of hydrogen-bond donors (Lipinski definition) is 0. The van der Waals surface area contributed by atoms with E-state index in [4.69, 9.17) is 9.47 Å². The van der Waals surface area contributed by atoms with Crippen molar-refractivity contribution in [3.8, 4) is 11.5 Å². The maximum absolute atomic E-state index is 14.3. The van der Waals surface area contributed by atoms with Crippen molar-refractivity contribution in [2.24, 2.45) is 10.8 Å². The number of carbonyl (C=O) groups excluding carboxylic acids is 2. The molecule has 3 aromatic rings. The van der Waals surface area contributed by atoms with Gasteiger partial charge in [-0.3, -0.25) is 9.59 Å². The summed E-state index contributed by atoms with van der Waals surface area (Å²) < 4.78 is 13.9. The van der Waals surface area contributed by atoms with Gasteiger partial charge in [0, 0.05) is 52.3 Å². The van der Waals surface area contributed by atoms with Crippen LogP contribution < -0.4 is 9.47 Å². The highest BCUT2D eigenvalue weighted by Gasteiger charge is 2.49. The van der Waals surface area contributed by atoms with Crippen LogP contribution >= 0.6 is 31.9 Å². The lowest BCUT2D eigenvalue weighted by Gasteiger charge is -2.49. The summed E-state index contributed by atoms with van der Waals surface area (Å²) in [5.74, 6) is 0.928. The highest BCUT2D eigenvalue weighted by atomic mass is 79.9. The summed E-state index contributed by atoms with van der Waals surface area (Å²) in [5, 5.41) is 0. The predicted molar refractivity (Wildman–Crippen MR) is 189 cm³/mol. The molecule has 7 heteroatoms. The van der Waals surface area contributed by atoms with Crippen LogP contribution in [0.4, 0.5) is 0 Å². The fourth-order valence-electron chi connectivity index (χ4n) is 7.32. The Kier molecular flexibility index (Phi) is 9.12. The second-order valence-electron chi connectivity index (χ2n) is 14.4. The minimum Gasteiger partial charge on any atom is -0.493 e. The fraction of sp³-hybridized carbons (Fsp3) is 0.385. The zero-order valence-corrected chi connectivity index (χ0v) is 30.4. The van der Waals surface area contributed by atoms with Gasteiger partial charge in [0.25, 0.3) is 0 Å². The minimum atomic E-state index is -0.462. The third-order valence-corrected chi connectivity index (χ3v) is 10.5. The second kappa shape index (κ2) is 12.8. The molecule has 6 rings (SSSR count). The Morgan fingerprint density at radius 1 is 0.783 bits per heavy atom. The molecule has 0 unspecified atom stereocenters. The zero-order valence-electron chi connectivity index (χ0n) is 27.2. The van der Waals surface area contributed by atoms with Crippen LogP contribution in [0.1, 0.15) is 76.0 Å². The monoisotopic (exact) mass is 745 g/mol. The third-order valence-electron chi connectivity index (χ3n) is 9.37. The smallest absolute Gasteiger partial charge is 0.175 e. The van der Waals surface area contributed by atoms with Gasteiger partial charge in [-0.1, -0.05) is 86.1 Å². The Morgan fingerprint density at radius 2 is 1.37 bits per heavy atom. The molecule has 0 atom stereocenters. The van der Waals surface area contributed by atoms with Crippen LogP contribution in [0.2, 0.25) is 0 Å². The van der Waals surface area contributed by atoms with Crippen molar-refractivity contribution in [1.29, 1.82) is 0 Å². The number of ether oxygens (including phenoxy) is 2. The van der Waals surface area contributed by atoms with E-state index in [1.54, 1.807) is 7.11 Å². The molecule has 0 radical (unpaired) electrons. The third kappa shape index (κ3) is 6.64. The molecule has 0 N–H and O–H groups in total. The summed E-state index contributed by atoms with van der Waals surface area (Å²) in [6.45, 7) is 9.79. The number of halogens is 2. The molecule has 46 heavy (non-hydrogen) atoms. The first-order valence-electron chi connectivity index (χ1n) is 15.9. The van der Waals surface area contributed by atoms with Gasteiger partial charge in [-0.25, -0.2) is 0 Å². The van der Waals surface area contributed by atoms with E-state index in [1.165, 1.54) is 5.56 Å². The van der Waals surface area contributed by atoms with E-state index in [9.17, 15) is 9.59 Å². The minimum absolute atomic E-state index is 0.121. The molecule has 0 spiro atoms. The molecule has 1 heterocycles. The number of benzene rings is 3. The highest BCUT2D eigenvalue weighted by Crippen LogP contribution is 2.55. The Hall–Kier alpha value is -3.16. The summed E-state index contributed by atoms with van der Waals surface area (Å²) in [7, 11) is 1.63. The Morgan fingerprint density at radius 3 is 1.93 bits per heavy atom. The summed E-state index contributed by atoms with van der Waals surface area (Å²) in [4.78, 5) is 30.9. The largest absolute Gasteiger partial charge is 0.493 e. The number of Topliss-reactive ketones (excluding diaryl/α,β-unsaturated/α-hetero) is 2. The molecule has 2 aliphatic carbocycles. The zero-order chi connectivity index (χ0) is 32.8. The number of ketones is 2. The Bertz CT molecular complexity index is 1680. The lowest BCUT2D eigenvalue weighted by atomic mass is 9.63. The van der Waals surface area contributed by atoms with Crippen LogP contribution in [0.25, 0.3) is 0 Å². The van der Waals surface area contributed by atoms with Crippen molar-refractivity contribution >= 4 is 43.4 Å². The van der Waals surface area contributed by atoms with Crippen molar-refractivity contribution in [1.82, 2.24) is 4.90 Å². The van der Waals surface area contributed by atoms with Gasteiger partial charge < -0.3 is 14.4 Å². The summed E-state index contributed by atoms with van der Waals surface area (Å²) in [6.07, 6.45) is 3.27. The molecular formula is C39H41Br2NO4. The van der Waals surface area contributed by atoms with Crippen molar-refractivity contribution in [2.45, 2.75) is 72.3 Å². The SMILES string of the molecule is COc1cc(C2C3=C(CC(C)(C)CC3=O)N(CCc3ccccc3)C3=C2C(=O)CC(C)(C)C3)cc(Br)c1OCc1ccc(Br)cc1. The molecule has 1 aliphatic heterocycles. The quantitative estimate of drug-likeness (QED) is 0.230. The van der Waals surface area contributed by atoms with Crippen LogP contribution in [0.5, 0.6) is 11.5 Å². The molecule has 0 fully saturated rings. The normalized spacial score (nSPS) is 19.2. The van der Waals surface area contributed by atoms with Gasteiger partial charge in [-0.15, -0.1) is 0 Å². The lowest BCUT2D eigenvalue weighted by Crippen LogP contribution is -2.45. The number of hydrogen-bond acceptors (Lipinski definition) is 5. The number of nitrogens with zero attached hydrogens (tertiary/aromatic N) is 1. The molecule has 3 aliphatic rings. The van der Waals surface area contributed by atoms with Gasteiger partial charge in [-0.05, 0) is 87.0 Å². The molecule has 0 saturated carbocycles. The van der Waals surface area contributed by atoms with E-state index in [1.807, 2.05) is 42.5 Å². The summed E-state index contributed by atoms with van der Waals surface area (Å²) >= 11 is 7.26. The van der Waals surface area contributed by atoms with Gasteiger partial charge in [0.1, 0.15) is 6.61 Å². The Labute approximate surface area is 289 Å². The van der Waals surface area contributed by atoms with Crippen molar-refractivity contribution in [2.75, 3.05) is 13.7 Å². The maximum Gasteiger partial charge on any atom is 0.175 e. The van der Waals surface area contributed by atoms with Crippen LogP contribution in [0.15, 0.2) is 98.2 Å². The molecule has 0 saturated heterocycles. The first-order valence-corrected chi connectivity index (χ1v) is 17.5. The molecule has 3 aromatic carbocycles.